The lowest BCUT2D eigenvalue weighted by Gasteiger charge is -2.26. The van der Waals surface area contributed by atoms with Crippen molar-refractivity contribution in [3.8, 4) is 12.3 Å². The van der Waals surface area contributed by atoms with E-state index in [1.807, 2.05) is 0 Å². The Morgan fingerprint density at radius 2 is 1.89 bits per heavy atom. The number of carboxylic acids is 1. The van der Waals surface area contributed by atoms with Crippen LogP contribution in [0.3, 0.4) is 0 Å². The Hall–Kier alpha value is -1.70. The molecule has 0 spiro atoms. The highest BCUT2D eigenvalue weighted by molar-refractivity contribution is 5.77. The Morgan fingerprint density at radius 1 is 1.26 bits per heavy atom. The number of hydrogen-bond donors (Lipinski definition) is 3. The van der Waals surface area contributed by atoms with E-state index in [1.165, 1.54) is 0 Å². The Labute approximate surface area is 114 Å². The van der Waals surface area contributed by atoms with Crippen LogP contribution in [0.25, 0.3) is 0 Å². The average molecular weight is 266 g/mol. The molecule has 1 fully saturated rings. The summed E-state index contributed by atoms with van der Waals surface area (Å²) in [5.41, 5.74) is -0.743. The first-order chi connectivity index (χ1) is 8.85. The van der Waals surface area contributed by atoms with E-state index in [0.29, 0.717) is 12.8 Å². The third-order valence-electron chi connectivity index (χ3n) is 3.44. The third-order valence-corrected chi connectivity index (χ3v) is 3.44. The molecule has 5 heteroatoms. The maximum atomic E-state index is 11.9. The van der Waals surface area contributed by atoms with E-state index in [4.69, 9.17) is 6.42 Å². The molecular weight excluding hydrogens is 244 g/mol. The van der Waals surface area contributed by atoms with Gasteiger partial charge in [-0.2, -0.15) is 0 Å². The summed E-state index contributed by atoms with van der Waals surface area (Å²) in [5, 5.41) is 14.6. The van der Waals surface area contributed by atoms with Crippen molar-refractivity contribution in [2.45, 2.75) is 57.5 Å². The minimum Gasteiger partial charge on any atom is -0.481 e. The van der Waals surface area contributed by atoms with Crippen molar-refractivity contribution in [1.82, 2.24) is 10.6 Å². The van der Waals surface area contributed by atoms with Gasteiger partial charge in [0.15, 0.2) is 0 Å². The number of rotatable bonds is 3. The van der Waals surface area contributed by atoms with Crippen LogP contribution in [0.2, 0.25) is 0 Å². The lowest BCUT2D eigenvalue weighted by Crippen LogP contribution is -2.52. The number of urea groups is 1. The van der Waals surface area contributed by atoms with E-state index in [9.17, 15) is 14.7 Å². The summed E-state index contributed by atoms with van der Waals surface area (Å²) in [4.78, 5) is 23.1. The van der Waals surface area contributed by atoms with Gasteiger partial charge in [-0.1, -0.05) is 25.2 Å². The molecular formula is C14H22N2O3. The minimum absolute atomic E-state index is 0.325. The molecule has 1 aliphatic rings. The number of carbonyl (C=O) groups excluding carboxylic acids is 1. The molecule has 0 radical (unpaired) electrons. The van der Waals surface area contributed by atoms with Crippen molar-refractivity contribution in [3.05, 3.63) is 0 Å². The predicted octanol–water partition coefficient (Wildman–Crippen LogP) is 1.73. The first kappa shape index (κ1) is 15.4. The smallest absolute Gasteiger partial charge is 0.316 e. The molecule has 0 aromatic heterocycles. The van der Waals surface area contributed by atoms with Gasteiger partial charge in [0.05, 0.1) is 11.5 Å². The fourth-order valence-electron chi connectivity index (χ4n) is 2.30. The quantitative estimate of drug-likeness (QED) is 0.537. The lowest BCUT2D eigenvalue weighted by molar-refractivity contribution is -0.142. The highest BCUT2D eigenvalue weighted by atomic mass is 16.4. The van der Waals surface area contributed by atoms with Gasteiger partial charge in [0, 0.05) is 6.04 Å². The van der Waals surface area contributed by atoms with Crippen LogP contribution in [-0.2, 0) is 4.79 Å². The summed E-state index contributed by atoms with van der Waals surface area (Å²) >= 11 is 0. The first-order valence-corrected chi connectivity index (χ1v) is 6.65. The van der Waals surface area contributed by atoms with E-state index >= 15 is 0 Å². The van der Waals surface area contributed by atoms with Gasteiger partial charge in [-0.05, 0) is 26.7 Å². The molecule has 106 valence electrons. The molecule has 2 amide bonds. The molecule has 0 heterocycles. The summed E-state index contributed by atoms with van der Waals surface area (Å²) in [6, 6.07) is -0.727. The van der Waals surface area contributed by atoms with Crippen LogP contribution in [0.15, 0.2) is 0 Å². The van der Waals surface area contributed by atoms with Crippen LogP contribution < -0.4 is 10.6 Å². The molecule has 19 heavy (non-hydrogen) atoms. The fraction of sp³-hybridized carbons (Fsp3) is 0.714. The Kier molecular flexibility index (Phi) is 5.22. The maximum Gasteiger partial charge on any atom is 0.316 e. The van der Waals surface area contributed by atoms with Gasteiger partial charge >= 0.3 is 12.0 Å². The van der Waals surface area contributed by atoms with Gasteiger partial charge in [-0.3, -0.25) is 4.79 Å². The molecule has 3 N–H and O–H groups in total. The van der Waals surface area contributed by atoms with E-state index in [-0.39, 0.29) is 6.04 Å². The summed E-state index contributed by atoms with van der Waals surface area (Å²) in [6.45, 7) is 3.43. The monoisotopic (exact) mass is 266 g/mol. The largest absolute Gasteiger partial charge is 0.481 e. The highest BCUT2D eigenvalue weighted by Crippen LogP contribution is 2.23. The van der Waals surface area contributed by atoms with E-state index in [2.05, 4.69) is 16.6 Å². The third kappa shape index (κ3) is 4.82. The zero-order valence-corrected chi connectivity index (χ0v) is 11.5. The van der Waals surface area contributed by atoms with Crippen LogP contribution >= 0.6 is 0 Å². The number of carboxylic acid groups (broad SMARTS) is 1. The molecule has 0 bridgehead atoms. The van der Waals surface area contributed by atoms with Gasteiger partial charge in [-0.15, -0.1) is 6.42 Å². The number of aliphatic carboxylic acids is 1. The number of terminal acetylenes is 1. The molecule has 0 aliphatic heterocycles. The first-order valence-electron chi connectivity index (χ1n) is 6.65. The zero-order chi connectivity index (χ0) is 14.5. The SMILES string of the molecule is C#CC(C)(C)NC(=O)NC1CCCCCC1C(=O)O. The standard InChI is InChI=1S/C14H22N2O3/c1-4-14(2,3)16-13(19)15-11-9-7-5-6-8-10(11)12(17)18/h1,10-11H,5-9H2,2-3H3,(H,17,18)(H2,15,16,19). The van der Waals surface area contributed by atoms with Gasteiger partial charge in [0.1, 0.15) is 0 Å². The Balaban J connectivity index is 2.64. The number of amides is 2. The zero-order valence-electron chi connectivity index (χ0n) is 11.5. The number of carbonyl (C=O) groups is 2. The molecule has 0 aromatic carbocycles. The normalized spacial score (nSPS) is 23.8. The van der Waals surface area contributed by atoms with Crippen molar-refractivity contribution in [2.24, 2.45) is 5.92 Å². The second kappa shape index (κ2) is 6.46. The fourth-order valence-corrected chi connectivity index (χ4v) is 2.30. The Bertz CT molecular complexity index is 385. The predicted molar refractivity (Wildman–Crippen MR) is 72.6 cm³/mol. The summed E-state index contributed by atoms with van der Waals surface area (Å²) in [6.07, 6.45) is 9.45. The maximum absolute atomic E-state index is 11.9. The number of hydrogen-bond acceptors (Lipinski definition) is 2. The van der Waals surface area contributed by atoms with Crippen molar-refractivity contribution < 1.29 is 14.7 Å². The van der Waals surface area contributed by atoms with Gasteiger partial charge in [0.25, 0.3) is 0 Å². The van der Waals surface area contributed by atoms with Crippen LogP contribution in [0.5, 0.6) is 0 Å². The lowest BCUT2D eigenvalue weighted by atomic mass is 9.95. The molecule has 1 aliphatic carbocycles. The van der Waals surface area contributed by atoms with E-state index in [0.717, 1.165) is 19.3 Å². The van der Waals surface area contributed by atoms with Crippen LogP contribution in [0, 0.1) is 18.3 Å². The minimum atomic E-state index is -0.844. The molecule has 1 rings (SSSR count). The van der Waals surface area contributed by atoms with Gasteiger partial charge in [0.2, 0.25) is 0 Å². The van der Waals surface area contributed by atoms with Crippen LogP contribution in [-0.4, -0.2) is 28.7 Å². The van der Waals surface area contributed by atoms with E-state index < -0.39 is 23.5 Å². The van der Waals surface area contributed by atoms with E-state index in [1.54, 1.807) is 13.8 Å². The molecule has 0 saturated heterocycles. The van der Waals surface area contributed by atoms with Crippen molar-refractivity contribution in [2.75, 3.05) is 0 Å². The second-order valence-corrected chi connectivity index (χ2v) is 5.56. The summed E-state index contributed by atoms with van der Waals surface area (Å²) < 4.78 is 0. The Morgan fingerprint density at radius 3 is 2.47 bits per heavy atom. The van der Waals surface area contributed by atoms with Crippen LogP contribution in [0.1, 0.15) is 46.0 Å². The summed E-state index contributed by atoms with van der Waals surface area (Å²) in [7, 11) is 0. The van der Waals surface area contributed by atoms with Crippen molar-refractivity contribution in [3.63, 3.8) is 0 Å². The summed E-state index contributed by atoms with van der Waals surface area (Å²) in [5.74, 6) is 1.11. The second-order valence-electron chi connectivity index (χ2n) is 5.56. The topological polar surface area (TPSA) is 78.4 Å². The molecule has 2 unspecified atom stereocenters. The molecule has 1 saturated carbocycles. The molecule has 5 nitrogen and oxygen atoms in total. The van der Waals surface area contributed by atoms with Gasteiger partial charge < -0.3 is 15.7 Å². The van der Waals surface area contributed by atoms with Crippen LogP contribution in [0.4, 0.5) is 4.79 Å². The van der Waals surface area contributed by atoms with Gasteiger partial charge in [-0.25, -0.2) is 4.79 Å². The molecule has 2 atom stereocenters. The molecule has 0 aromatic rings. The number of nitrogens with one attached hydrogen (secondary N) is 2. The van der Waals surface area contributed by atoms with Crippen molar-refractivity contribution >= 4 is 12.0 Å². The van der Waals surface area contributed by atoms with Crippen molar-refractivity contribution in [1.29, 1.82) is 0 Å². The highest BCUT2D eigenvalue weighted by Gasteiger charge is 2.31. The average Bonchev–Trinajstić information content (AvgIpc) is 2.53.